The average Bonchev–Trinajstić information content (AvgIpc) is 3.05. The highest BCUT2D eigenvalue weighted by atomic mass is 35.5. The fraction of sp³-hybridized carbons (Fsp3) is 0.0870. The number of hydrogen-bond donors (Lipinski definition) is 1. The molecular formula is C23H16Cl2N4O2. The second kappa shape index (κ2) is 8.15. The van der Waals surface area contributed by atoms with Crippen molar-refractivity contribution >= 4 is 34.9 Å². The summed E-state index contributed by atoms with van der Waals surface area (Å²) in [4.78, 5) is 27.6. The molecule has 6 nitrogen and oxygen atoms in total. The molecule has 8 heteroatoms. The van der Waals surface area contributed by atoms with Gasteiger partial charge in [0.25, 0.3) is 0 Å². The SMILES string of the molecule is O=C1ONN(c2ccc(Cl)cc2)/C1=C1\CC(c2ccc(Cl)cc2)N=c2ccccc2=N1. The molecule has 3 aromatic rings. The quantitative estimate of drug-likeness (QED) is 0.597. The Balaban J connectivity index is 1.69. The molecule has 0 amide bonds. The number of hydrazine groups is 1. The van der Waals surface area contributed by atoms with Gasteiger partial charge in [0.2, 0.25) is 0 Å². The fourth-order valence-electron chi connectivity index (χ4n) is 3.57. The molecule has 0 radical (unpaired) electrons. The maximum Gasteiger partial charge on any atom is 0.378 e. The summed E-state index contributed by atoms with van der Waals surface area (Å²) in [7, 11) is 0. The van der Waals surface area contributed by atoms with E-state index in [1.54, 1.807) is 29.3 Å². The summed E-state index contributed by atoms with van der Waals surface area (Å²) in [6, 6.07) is 22.0. The summed E-state index contributed by atoms with van der Waals surface area (Å²) in [5.74, 6) is -0.511. The first-order valence-corrected chi connectivity index (χ1v) is 10.4. The van der Waals surface area contributed by atoms with Gasteiger partial charge >= 0.3 is 5.97 Å². The molecule has 0 aromatic heterocycles. The first kappa shape index (κ1) is 19.8. The molecule has 1 N–H and O–H groups in total. The largest absolute Gasteiger partial charge is 0.378 e. The van der Waals surface area contributed by atoms with Crippen molar-refractivity contribution < 1.29 is 9.63 Å². The van der Waals surface area contributed by atoms with Gasteiger partial charge in [-0.05, 0) is 54.1 Å². The van der Waals surface area contributed by atoms with Crippen LogP contribution in [-0.2, 0) is 9.63 Å². The van der Waals surface area contributed by atoms with Gasteiger partial charge in [-0.15, -0.1) is 0 Å². The van der Waals surface area contributed by atoms with Crippen LogP contribution in [0, 0.1) is 0 Å². The lowest BCUT2D eigenvalue weighted by Gasteiger charge is -2.18. The number of nitrogens with zero attached hydrogens (tertiary/aromatic N) is 3. The van der Waals surface area contributed by atoms with Crippen molar-refractivity contribution in [3.63, 3.8) is 0 Å². The Hall–Kier alpha value is -3.19. The van der Waals surface area contributed by atoms with Crippen molar-refractivity contribution in [1.82, 2.24) is 5.59 Å². The van der Waals surface area contributed by atoms with Gasteiger partial charge in [0.05, 0.1) is 28.1 Å². The van der Waals surface area contributed by atoms with E-state index in [0.717, 1.165) is 10.9 Å². The number of benzene rings is 3. The molecule has 1 atom stereocenters. The number of rotatable bonds is 2. The van der Waals surface area contributed by atoms with Gasteiger partial charge in [0, 0.05) is 16.5 Å². The molecule has 0 bridgehead atoms. The van der Waals surface area contributed by atoms with E-state index in [-0.39, 0.29) is 6.04 Å². The highest BCUT2D eigenvalue weighted by Crippen LogP contribution is 2.32. The minimum Gasteiger partial charge on any atom is -0.345 e. The molecule has 154 valence electrons. The Bertz CT molecular complexity index is 1300. The van der Waals surface area contributed by atoms with E-state index in [2.05, 4.69) is 5.59 Å². The van der Waals surface area contributed by atoms with Crippen LogP contribution in [0.4, 0.5) is 5.69 Å². The number of fused-ring (bicyclic) bond motifs is 1. The Morgan fingerprint density at radius 1 is 0.903 bits per heavy atom. The molecule has 0 aliphatic carbocycles. The zero-order valence-corrected chi connectivity index (χ0v) is 17.6. The van der Waals surface area contributed by atoms with Crippen molar-refractivity contribution in [1.29, 1.82) is 0 Å². The number of hydrogen-bond acceptors (Lipinski definition) is 6. The molecule has 1 unspecified atom stereocenters. The normalized spacial score (nSPS) is 20.4. The maximum atomic E-state index is 12.7. The van der Waals surface area contributed by atoms with E-state index in [9.17, 15) is 4.79 Å². The third-order valence-electron chi connectivity index (χ3n) is 5.08. The highest BCUT2D eigenvalue weighted by molar-refractivity contribution is 6.30. The number of halogens is 2. The standard InChI is InChI=1S/C23H16Cl2N4O2/c24-15-7-5-14(6-8-15)20-13-21(27-19-4-2-1-3-18(19)26-20)22-23(30)31-28-29(22)17-11-9-16(25)10-12-17/h1-12,20,28H,13H2/b22-21+. The van der Waals surface area contributed by atoms with Gasteiger partial charge in [-0.1, -0.05) is 53.1 Å². The summed E-state index contributed by atoms with van der Waals surface area (Å²) in [6.07, 6.45) is 0.409. The molecule has 0 saturated carbocycles. The molecule has 2 aliphatic heterocycles. The van der Waals surface area contributed by atoms with Gasteiger partial charge < -0.3 is 4.84 Å². The van der Waals surface area contributed by atoms with E-state index < -0.39 is 5.97 Å². The van der Waals surface area contributed by atoms with Crippen LogP contribution in [-0.4, -0.2) is 5.97 Å². The van der Waals surface area contributed by atoms with Crippen molar-refractivity contribution in [2.75, 3.05) is 5.01 Å². The Kier molecular flexibility index (Phi) is 5.19. The van der Waals surface area contributed by atoms with Gasteiger partial charge in [0.15, 0.2) is 5.70 Å². The van der Waals surface area contributed by atoms with Crippen molar-refractivity contribution in [3.05, 3.63) is 111 Å². The lowest BCUT2D eigenvalue weighted by Crippen LogP contribution is -2.29. The summed E-state index contributed by atoms with van der Waals surface area (Å²) < 4.78 is 0. The van der Waals surface area contributed by atoms with E-state index in [0.29, 0.717) is 38.9 Å². The van der Waals surface area contributed by atoms with Crippen LogP contribution in [0.15, 0.2) is 94.2 Å². The van der Waals surface area contributed by atoms with Crippen LogP contribution in [0.3, 0.4) is 0 Å². The zero-order valence-electron chi connectivity index (χ0n) is 16.1. The molecule has 3 aromatic carbocycles. The summed E-state index contributed by atoms with van der Waals surface area (Å²) in [6.45, 7) is 0. The van der Waals surface area contributed by atoms with E-state index in [1.807, 2.05) is 48.5 Å². The van der Waals surface area contributed by atoms with Gasteiger partial charge in [-0.3, -0.25) is 4.99 Å². The molecule has 0 spiro atoms. The summed E-state index contributed by atoms with van der Waals surface area (Å²) in [5.41, 5.74) is 5.23. The number of carbonyl (C=O) groups is 1. The second-order valence-electron chi connectivity index (χ2n) is 7.09. The Morgan fingerprint density at radius 3 is 2.26 bits per heavy atom. The maximum absolute atomic E-state index is 12.7. The molecule has 2 aliphatic rings. The third-order valence-corrected chi connectivity index (χ3v) is 5.58. The molecule has 1 saturated heterocycles. The molecule has 1 fully saturated rings. The monoisotopic (exact) mass is 450 g/mol. The van der Waals surface area contributed by atoms with E-state index >= 15 is 0 Å². The first-order chi connectivity index (χ1) is 15.1. The van der Waals surface area contributed by atoms with E-state index in [1.165, 1.54) is 0 Å². The smallest absolute Gasteiger partial charge is 0.345 e. The molecule has 5 rings (SSSR count). The van der Waals surface area contributed by atoms with Crippen LogP contribution >= 0.6 is 23.2 Å². The zero-order chi connectivity index (χ0) is 21.4. The lowest BCUT2D eigenvalue weighted by molar-refractivity contribution is -0.140. The lowest BCUT2D eigenvalue weighted by atomic mass is 10.0. The van der Waals surface area contributed by atoms with Crippen molar-refractivity contribution in [2.24, 2.45) is 9.98 Å². The van der Waals surface area contributed by atoms with Crippen LogP contribution in [0.2, 0.25) is 10.0 Å². The number of anilines is 1. The fourth-order valence-corrected chi connectivity index (χ4v) is 3.83. The van der Waals surface area contributed by atoms with Crippen LogP contribution in [0.25, 0.3) is 0 Å². The molecule has 2 heterocycles. The number of carbonyl (C=O) groups excluding carboxylic acids is 1. The Morgan fingerprint density at radius 2 is 1.55 bits per heavy atom. The minimum absolute atomic E-state index is 0.243. The van der Waals surface area contributed by atoms with Crippen LogP contribution < -0.4 is 21.3 Å². The topological polar surface area (TPSA) is 66.3 Å². The molecule has 31 heavy (non-hydrogen) atoms. The van der Waals surface area contributed by atoms with E-state index in [4.69, 9.17) is 38.0 Å². The predicted octanol–water partition coefficient (Wildman–Crippen LogP) is 4.07. The summed E-state index contributed by atoms with van der Waals surface area (Å²) >= 11 is 12.1. The number of para-hydroxylation sites is 2. The Labute approximate surface area is 188 Å². The summed E-state index contributed by atoms with van der Waals surface area (Å²) in [5, 5.41) is 4.27. The highest BCUT2D eigenvalue weighted by Gasteiger charge is 2.34. The number of nitrogens with one attached hydrogen (secondary N) is 1. The van der Waals surface area contributed by atoms with Gasteiger partial charge in [-0.2, -0.15) is 0 Å². The second-order valence-corrected chi connectivity index (χ2v) is 7.96. The predicted molar refractivity (Wildman–Crippen MR) is 118 cm³/mol. The van der Waals surface area contributed by atoms with Gasteiger partial charge in [-0.25, -0.2) is 14.8 Å². The average molecular weight is 451 g/mol. The third kappa shape index (κ3) is 3.93. The van der Waals surface area contributed by atoms with Gasteiger partial charge in [0.1, 0.15) is 0 Å². The van der Waals surface area contributed by atoms with Crippen LogP contribution in [0.1, 0.15) is 18.0 Å². The van der Waals surface area contributed by atoms with Crippen molar-refractivity contribution in [3.8, 4) is 0 Å². The van der Waals surface area contributed by atoms with Crippen LogP contribution in [0.5, 0.6) is 0 Å². The first-order valence-electron chi connectivity index (χ1n) is 9.61. The molecular weight excluding hydrogens is 435 g/mol. The minimum atomic E-state index is -0.511. The van der Waals surface area contributed by atoms with Crippen molar-refractivity contribution in [2.45, 2.75) is 12.5 Å².